The van der Waals surface area contributed by atoms with Gasteiger partial charge in [0, 0.05) is 6.20 Å². The summed E-state index contributed by atoms with van der Waals surface area (Å²) in [6.45, 7) is 4.10. The summed E-state index contributed by atoms with van der Waals surface area (Å²) in [5, 5.41) is 3.08. The third kappa shape index (κ3) is 4.30. The lowest BCUT2D eigenvalue weighted by Gasteiger charge is -2.19. The van der Waals surface area contributed by atoms with E-state index in [1.807, 2.05) is 0 Å². The Morgan fingerprint density at radius 2 is 2.24 bits per heavy atom. The van der Waals surface area contributed by atoms with Gasteiger partial charge in [-0.3, -0.25) is 4.98 Å². The van der Waals surface area contributed by atoms with Gasteiger partial charge in [0.15, 0.2) is 0 Å². The Labute approximate surface area is 101 Å². The fourth-order valence-electron chi connectivity index (χ4n) is 1.57. The van der Waals surface area contributed by atoms with E-state index in [0.29, 0.717) is 18.0 Å². The van der Waals surface area contributed by atoms with Crippen molar-refractivity contribution >= 4 is 17.3 Å². The van der Waals surface area contributed by atoms with Crippen molar-refractivity contribution in [1.29, 1.82) is 0 Å². The number of rotatable bonds is 5. The van der Waals surface area contributed by atoms with Gasteiger partial charge in [-0.1, -0.05) is 13.8 Å². The lowest BCUT2D eigenvalue weighted by molar-refractivity contribution is -0.141. The molecule has 5 heteroatoms. The van der Waals surface area contributed by atoms with Crippen LogP contribution in [0.4, 0.5) is 11.4 Å². The van der Waals surface area contributed by atoms with Crippen molar-refractivity contribution in [3.63, 3.8) is 0 Å². The van der Waals surface area contributed by atoms with Crippen LogP contribution in [0.3, 0.4) is 0 Å². The molecule has 0 aromatic carbocycles. The summed E-state index contributed by atoms with van der Waals surface area (Å²) >= 11 is 0. The molecule has 1 unspecified atom stereocenters. The normalized spacial score (nSPS) is 12.2. The number of nitrogens with two attached hydrogens (primary N) is 1. The fraction of sp³-hybridized carbons (Fsp3) is 0.500. The van der Waals surface area contributed by atoms with Crippen molar-refractivity contribution in [1.82, 2.24) is 4.98 Å². The summed E-state index contributed by atoms with van der Waals surface area (Å²) in [6.07, 6.45) is 3.88. The summed E-state index contributed by atoms with van der Waals surface area (Å²) in [7, 11) is 1.38. The minimum absolute atomic E-state index is 0.277. The fourth-order valence-corrected chi connectivity index (χ4v) is 1.57. The van der Waals surface area contributed by atoms with Crippen molar-refractivity contribution in [3.8, 4) is 0 Å². The number of methoxy groups -OCH3 is 1. The molecule has 0 saturated carbocycles. The van der Waals surface area contributed by atoms with Crippen LogP contribution in [-0.4, -0.2) is 24.1 Å². The number of nitrogen functional groups attached to an aromatic ring is 1. The zero-order valence-electron chi connectivity index (χ0n) is 10.4. The molecule has 0 spiro atoms. The molecule has 17 heavy (non-hydrogen) atoms. The van der Waals surface area contributed by atoms with Crippen molar-refractivity contribution in [2.45, 2.75) is 26.3 Å². The van der Waals surface area contributed by atoms with Crippen LogP contribution in [0.5, 0.6) is 0 Å². The maximum atomic E-state index is 11.6. The van der Waals surface area contributed by atoms with Crippen LogP contribution in [0.25, 0.3) is 0 Å². The number of anilines is 2. The highest BCUT2D eigenvalue weighted by atomic mass is 16.5. The summed E-state index contributed by atoms with van der Waals surface area (Å²) < 4.78 is 4.76. The number of carbonyl (C=O) groups is 1. The average Bonchev–Trinajstić information content (AvgIpc) is 2.26. The zero-order valence-corrected chi connectivity index (χ0v) is 10.4. The van der Waals surface area contributed by atoms with Gasteiger partial charge in [0.25, 0.3) is 0 Å². The molecule has 0 bridgehead atoms. The van der Waals surface area contributed by atoms with Gasteiger partial charge < -0.3 is 15.8 Å². The second-order valence-corrected chi connectivity index (χ2v) is 4.36. The molecule has 0 aliphatic heterocycles. The van der Waals surface area contributed by atoms with E-state index in [9.17, 15) is 4.79 Å². The van der Waals surface area contributed by atoms with E-state index < -0.39 is 0 Å². The molecule has 94 valence electrons. The highest BCUT2D eigenvalue weighted by molar-refractivity contribution is 5.79. The van der Waals surface area contributed by atoms with Crippen molar-refractivity contribution in [2.24, 2.45) is 5.92 Å². The number of aromatic nitrogens is 1. The molecule has 1 rings (SSSR count). The molecule has 0 amide bonds. The minimum Gasteiger partial charge on any atom is -0.467 e. The average molecular weight is 237 g/mol. The Morgan fingerprint density at radius 1 is 1.53 bits per heavy atom. The monoisotopic (exact) mass is 237 g/mol. The van der Waals surface area contributed by atoms with E-state index in [0.717, 1.165) is 5.69 Å². The number of carbonyl (C=O) groups excluding carboxylic acids is 1. The van der Waals surface area contributed by atoms with Crippen LogP contribution >= 0.6 is 0 Å². The molecule has 1 aromatic rings. The van der Waals surface area contributed by atoms with E-state index in [1.54, 1.807) is 18.5 Å². The Balaban J connectivity index is 2.75. The first-order valence-corrected chi connectivity index (χ1v) is 5.57. The number of nitrogens with one attached hydrogen (secondary N) is 1. The van der Waals surface area contributed by atoms with Gasteiger partial charge in [0.2, 0.25) is 0 Å². The SMILES string of the molecule is COC(=O)C(CC(C)C)Nc1cncc(N)c1. The Kier molecular flexibility index (Phi) is 4.75. The second kappa shape index (κ2) is 6.08. The summed E-state index contributed by atoms with van der Waals surface area (Å²) in [4.78, 5) is 15.6. The van der Waals surface area contributed by atoms with Crippen LogP contribution in [0.15, 0.2) is 18.5 Å². The number of esters is 1. The first-order chi connectivity index (χ1) is 8.02. The molecular weight excluding hydrogens is 218 g/mol. The lowest BCUT2D eigenvalue weighted by atomic mass is 10.0. The van der Waals surface area contributed by atoms with Crippen LogP contribution in [0, 0.1) is 5.92 Å². The summed E-state index contributed by atoms with van der Waals surface area (Å²) in [6, 6.07) is 1.37. The molecule has 1 heterocycles. The minimum atomic E-state index is -0.372. The van der Waals surface area contributed by atoms with Crippen LogP contribution in [-0.2, 0) is 9.53 Å². The van der Waals surface area contributed by atoms with Gasteiger partial charge in [0.05, 0.1) is 24.7 Å². The van der Waals surface area contributed by atoms with Crippen LogP contribution in [0.2, 0.25) is 0 Å². The molecule has 5 nitrogen and oxygen atoms in total. The molecule has 0 aliphatic carbocycles. The van der Waals surface area contributed by atoms with Crippen LogP contribution in [0.1, 0.15) is 20.3 Å². The highest BCUT2D eigenvalue weighted by Crippen LogP contribution is 2.15. The first-order valence-electron chi connectivity index (χ1n) is 5.57. The number of pyridine rings is 1. The van der Waals surface area contributed by atoms with E-state index in [2.05, 4.69) is 24.1 Å². The topological polar surface area (TPSA) is 77.2 Å². The van der Waals surface area contributed by atoms with Crippen LogP contribution < -0.4 is 11.1 Å². The number of ether oxygens (including phenoxy) is 1. The van der Waals surface area contributed by atoms with E-state index in [1.165, 1.54) is 7.11 Å². The van der Waals surface area contributed by atoms with Gasteiger partial charge in [-0.15, -0.1) is 0 Å². The molecular formula is C12H19N3O2. The highest BCUT2D eigenvalue weighted by Gasteiger charge is 2.20. The molecule has 3 N–H and O–H groups in total. The zero-order chi connectivity index (χ0) is 12.8. The maximum Gasteiger partial charge on any atom is 0.328 e. The van der Waals surface area contributed by atoms with Gasteiger partial charge in [-0.05, 0) is 18.4 Å². The van der Waals surface area contributed by atoms with Gasteiger partial charge in [-0.2, -0.15) is 0 Å². The number of nitrogens with zero attached hydrogens (tertiary/aromatic N) is 1. The molecule has 0 radical (unpaired) electrons. The maximum absolute atomic E-state index is 11.6. The largest absolute Gasteiger partial charge is 0.467 e. The molecule has 0 fully saturated rings. The smallest absolute Gasteiger partial charge is 0.328 e. The van der Waals surface area contributed by atoms with Gasteiger partial charge in [0.1, 0.15) is 6.04 Å². The Bertz CT molecular complexity index is 380. The summed E-state index contributed by atoms with van der Waals surface area (Å²) in [5.41, 5.74) is 6.91. The Hall–Kier alpha value is -1.78. The van der Waals surface area contributed by atoms with Gasteiger partial charge >= 0.3 is 5.97 Å². The molecule has 1 atom stereocenters. The molecule has 0 aliphatic rings. The summed E-state index contributed by atoms with van der Waals surface area (Å²) in [5.74, 6) is 0.113. The van der Waals surface area contributed by atoms with Crippen molar-refractivity contribution in [2.75, 3.05) is 18.2 Å². The van der Waals surface area contributed by atoms with Crippen molar-refractivity contribution in [3.05, 3.63) is 18.5 Å². The third-order valence-corrected chi connectivity index (χ3v) is 2.29. The van der Waals surface area contributed by atoms with E-state index in [4.69, 9.17) is 10.5 Å². The molecule has 0 saturated heterocycles. The Morgan fingerprint density at radius 3 is 2.76 bits per heavy atom. The first kappa shape index (κ1) is 13.3. The van der Waals surface area contributed by atoms with E-state index >= 15 is 0 Å². The third-order valence-electron chi connectivity index (χ3n) is 2.29. The quantitative estimate of drug-likeness (QED) is 0.762. The van der Waals surface area contributed by atoms with Gasteiger partial charge in [-0.25, -0.2) is 4.79 Å². The van der Waals surface area contributed by atoms with Crippen molar-refractivity contribution < 1.29 is 9.53 Å². The molecule has 1 aromatic heterocycles. The standard InChI is InChI=1S/C12H19N3O2/c1-8(2)4-11(12(16)17-3)15-10-5-9(13)6-14-7-10/h5-8,11,15H,4,13H2,1-3H3. The van der Waals surface area contributed by atoms with E-state index in [-0.39, 0.29) is 12.0 Å². The number of hydrogen-bond acceptors (Lipinski definition) is 5. The number of hydrogen-bond donors (Lipinski definition) is 2. The lowest BCUT2D eigenvalue weighted by Crippen LogP contribution is -2.32. The second-order valence-electron chi connectivity index (χ2n) is 4.36. The predicted molar refractivity (Wildman–Crippen MR) is 67.5 cm³/mol. The predicted octanol–water partition coefficient (Wildman–Crippen LogP) is 1.66.